The largest absolute Gasteiger partial charge is 0.340 e. The van der Waals surface area contributed by atoms with Gasteiger partial charge in [0.05, 0.1) is 0 Å². The smallest absolute Gasteiger partial charge is 0.223 e. The fraction of sp³-hybridized carbons (Fsp3) is 0.846. The van der Waals surface area contributed by atoms with Crippen molar-refractivity contribution in [2.75, 3.05) is 6.54 Å². The summed E-state index contributed by atoms with van der Waals surface area (Å²) in [5, 5.41) is 0. The highest BCUT2D eigenvalue weighted by Crippen LogP contribution is 2.28. The second kappa shape index (κ2) is 6.02. The van der Waals surface area contributed by atoms with E-state index in [0.29, 0.717) is 24.8 Å². The Morgan fingerprint density at radius 2 is 1.88 bits per heavy atom. The molecule has 16 heavy (non-hydrogen) atoms. The van der Waals surface area contributed by atoms with Crippen molar-refractivity contribution in [2.45, 2.75) is 58.9 Å². The SMILES string of the molecule is CC(=O)CCC(=O)N(CCC(C)C)C1CC1. The normalized spacial score (nSPS) is 15.2. The Labute approximate surface area is 98.2 Å². The molecule has 3 nitrogen and oxygen atoms in total. The number of rotatable bonds is 7. The van der Waals surface area contributed by atoms with Crippen LogP contribution in [0.5, 0.6) is 0 Å². The first-order valence-corrected chi connectivity index (χ1v) is 6.29. The van der Waals surface area contributed by atoms with Gasteiger partial charge in [0.25, 0.3) is 0 Å². The van der Waals surface area contributed by atoms with Gasteiger partial charge in [-0.15, -0.1) is 0 Å². The molecule has 1 saturated carbocycles. The summed E-state index contributed by atoms with van der Waals surface area (Å²) in [5.74, 6) is 0.896. The predicted octanol–water partition coefficient (Wildman–Crippen LogP) is 2.39. The number of nitrogens with zero attached hydrogens (tertiary/aromatic N) is 1. The van der Waals surface area contributed by atoms with E-state index in [1.165, 1.54) is 0 Å². The fourth-order valence-corrected chi connectivity index (χ4v) is 1.72. The predicted molar refractivity (Wildman–Crippen MR) is 64.1 cm³/mol. The summed E-state index contributed by atoms with van der Waals surface area (Å²) in [4.78, 5) is 24.8. The molecule has 0 spiro atoms. The third-order valence-corrected chi connectivity index (χ3v) is 2.95. The first kappa shape index (κ1) is 13.2. The molecular formula is C13H23NO2. The second-order valence-corrected chi connectivity index (χ2v) is 5.20. The van der Waals surface area contributed by atoms with Crippen LogP contribution in [-0.4, -0.2) is 29.2 Å². The summed E-state index contributed by atoms with van der Waals surface area (Å²) in [5.41, 5.74) is 0. The van der Waals surface area contributed by atoms with Crippen LogP contribution >= 0.6 is 0 Å². The van der Waals surface area contributed by atoms with Crippen LogP contribution in [0.25, 0.3) is 0 Å². The van der Waals surface area contributed by atoms with Gasteiger partial charge in [0.1, 0.15) is 5.78 Å². The van der Waals surface area contributed by atoms with Gasteiger partial charge in [-0.1, -0.05) is 13.8 Å². The van der Waals surface area contributed by atoms with Crippen molar-refractivity contribution in [1.29, 1.82) is 0 Å². The van der Waals surface area contributed by atoms with Crippen LogP contribution in [0.2, 0.25) is 0 Å². The Morgan fingerprint density at radius 3 is 2.31 bits per heavy atom. The van der Waals surface area contributed by atoms with Gasteiger partial charge >= 0.3 is 0 Å². The molecule has 1 aliphatic carbocycles. The van der Waals surface area contributed by atoms with Gasteiger partial charge in [0.15, 0.2) is 0 Å². The summed E-state index contributed by atoms with van der Waals surface area (Å²) < 4.78 is 0. The van der Waals surface area contributed by atoms with Crippen molar-refractivity contribution in [3.63, 3.8) is 0 Å². The molecule has 0 radical (unpaired) electrons. The lowest BCUT2D eigenvalue weighted by Crippen LogP contribution is -2.34. The molecule has 0 heterocycles. The van der Waals surface area contributed by atoms with Gasteiger partial charge in [-0.2, -0.15) is 0 Å². The average Bonchev–Trinajstić information content (AvgIpc) is 2.98. The summed E-state index contributed by atoms with van der Waals surface area (Å²) in [6, 6.07) is 0.471. The zero-order valence-corrected chi connectivity index (χ0v) is 10.7. The van der Waals surface area contributed by atoms with Crippen molar-refractivity contribution in [1.82, 2.24) is 4.90 Å². The molecule has 0 aromatic heterocycles. The van der Waals surface area contributed by atoms with E-state index in [1.54, 1.807) is 6.92 Å². The van der Waals surface area contributed by atoms with Crippen molar-refractivity contribution in [3.05, 3.63) is 0 Å². The van der Waals surface area contributed by atoms with Crippen LogP contribution in [0.1, 0.15) is 52.9 Å². The highest BCUT2D eigenvalue weighted by Gasteiger charge is 2.31. The molecule has 0 unspecified atom stereocenters. The number of Topliss-reactive ketones (excluding diaryl/α,β-unsaturated/α-hetero) is 1. The van der Waals surface area contributed by atoms with Crippen LogP contribution in [0.4, 0.5) is 0 Å². The van der Waals surface area contributed by atoms with Crippen molar-refractivity contribution in [2.24, 2.45) is 5.92 Å². The monoisotopic (exact) mass is 225 g/mol. The van der Waals surface area contributed by atoms with Gasteiger partial charge in [-0.3, -0.25) is 4.79 Å². The summed E-state index contributed by atoms with van der Waals surface area (Å²) in [6.45, 7) is 6.75. The number of ketones is 1. The minimum Gasteiger partial charge on any atom is -0.340 e. The van der Waals surface area contributed by atoms with E-state index in [2.05, 4.69) is 13.8 Å². The summed E-state index contributed by atoms with van der Waals surface area (Å²) >= 11 is 0. The van der Waals surface area contributed by atoms with Gasteiger partial charge in [0.2, 0.25) is 5.91 Å². The van der Waals surface area contributed by atoms with Crippen LogP contribution in [-0.2, 0) is 9.59 Å². The number of carbonyl (C=O) groups excluding carboxylic acids is 2. The van der Waals surface area contributed by atoms with E-state index >= 15 is 0 Å². The van der Waals surface area contributed by atoms with Crippen molar-refractivity contribution in [3.8, 4) is 0 Å². The van der Waals surface area contributed by atoms with E-state index in [1.807, 2.05) is 4.90 Å². The molecule has 0 aromatic carbocycles. The van der Waals surface area contributed by atoms with E-state index in [9.17, 15) is 9.59 Å². The lowest BCUT2D eigenvalue weighted by Gasteiger charge is -2.23. The molecule has 0 atom stereocenters. The molecule has 1 aliphatic rings. The van der Waals surface area contributed by atoms with Gasteiger partial charge in [-0.25, -0.2) is 0 Å². The third kappa shape index (κ3) is 4.77. The number of carbonyl (C=O) groups is 2. The molecule has 3 heteroatoms. The molecule has 92 valence electrons. The number of hydrogen-bond donors (Lipinski definition) is 0. The lowest BCUT2D eigenvalue weighted by molar-refractivity contribution is -0.133. The van der Waals surface area contributed by atoms with Crippen LogP contribution in [0.3, 0.4) is 0 Å². The Bertz CT molecular complexity index is 257. The maximum atomic E-state index is 11.9. The first-order valence-electron chi connectivity index (χ1n) is 6.29. The number of hydrogen-bond acceptors (Lipinski definition) is 2. The lowest BCUT2D eigenvalue weighted by atomic mass is 10.1. The molecular weight excluding hydrogens is 202 g/mol. The van der Waals surface area contributed by atoms with E-state index in [4.69, 9.17) is 0 Å². The Hall–Kier alpha value is -0.860. The molecule has 1 rings (SSSR count). The van der Waals surface area contributed by atoms with E-state index in [0.717, 1.165) is 25.8 Å². The minimum atomic E-state index is 0.105. The molecule has 0 bridgehead atoms. The van der Waals surface area contributed by atoms with E-state index < -0.39 is 0 Å². The minimum absolute atomic E-state index is 0.105. The molecule has 1 amide bonds. The quantitative estimate of drug-likeness (QED) is 0.667. The highest BCUT2D eigenvalue weighted by atomic mass is 16.2. The van der Waals surface area contributed by atoms with E-state index in [-0.39, 0.29) is 11.7 Å². The highest BCUT2D eigenvalue weighted by molar-refractivity contribution is 5.83. The van der Waals surface area contributed by atoms with Crippen molar-refractivity contribution < 1.29 is 9.59 Å². The van der Waals surface area contributed by atoms with Crippen molar-refractivity contribution >= 4 is 11.7 Å². The fourth-order valence-electron chi connectivity index (χ4n) is 1.72. The maximum absolute atomic E-state index is 11.9. The molecule has 0 N–H and O–H groups in total. The second-order valence-electron chi connectivity index (χ2n) is 5.20. The topological polar surface area (TPSA) is 37.4 Å². The van der Waals surface area contributed by atoms with Crippen LogP contribution in [0, 0.1) is 5.92 Å². The Kier molecular flexibility index (Phi) is 4.97. The van der Waals surface area contributed by atoms with Gasteiger partial charge in [-0.05, 0) is 32.1 Å². The van der Waals surface area contributed by atoms with Crippen LogP contribution in [0.15, 0.2) is 0 Å². The molecule has 0 aliphatic heterocycles. The standard InChI is InChI=1S/C13H23NO2/c1-10(2)8-9-14(12-5-6-12)13(16)7-4-11(3)15/h10,12H,4-9H2,1-3H3. The zero-order chi connectivity index (χ0) is 12.1. The van der Waals surface area contributed by atoms with Gasteiger partial charge < -0.3 is 9.69 Å². The van der Waals surface area contributed by atoms with Gasteiger partial charge in [0, 0.05) is 25.4 Å². The maximum Gasteiger partial charge on any atom is 0.223 e. The Morgan fingerprint density at radius 1 is 1.25 bits per heavy atom. The average molecular weight is 225 g/mol. The molecule has 1 fully saturated rings. The zero-order valence-electron chi connectivity index (χ0n) is 10.7. The third-order valence-electron chi connectivity index (χ3n) is 2.95. The summed E-state index contributed by atoms with van der Waals surface area (Å²) in [7, 11) is 0. The molecule has 0 saturated heterocycles. The number of amides is 1. The Balaban J connectivity index is 2.36. The first-order chi connectivity index (χ1) is 7.50. The van der Waals surface area contributed by atoms with Crippen LogP contribution < -0.4 is 0 Å². The summed E-state index contributed by atoms with van der Waals surface area (Å²) in [6.07, 6.45) is 4.13. The molecule has 0 aromatic rings.